The number of nitrogens with one attached hydrogen (secondary N) is 3. The molecule has 5 heteroatoms. The van der Waals surface area contributed by atoms with E-state index in [0.29, 0.717) is 12.1 Å². The molecule has 0 spiro atoms. The molecule has 1 atom stereocenters. The number of hydrogen-bond acceptors (Lipinski definition) is 3. The van der Waals surface area contributed by atoms with Crippen molar-refractivity contribution in [3.8, 4) is 0 Å². The number of aryl methyl sites for hydroxylation is 1. The predicted octanol–water partition coefficient (Wildman–Crippen LogP) is 2.89. The highest BCUT2D eigenvalue weighted by atomic mass is 16.2. The third kappa shape index (κ3) is 5.79. The van der Waals surface area contributed by atoms with Gasteiger partial charge >= 0.3 is 0 Å². The maximum Gasteiger partial charge on any atom is 0.251 e. The Morgan fingerprint density at radius 3 is 2.50 bits per heavy atom. The second-order valence-electron chi connectivity index (χ2n) is 7.10. The summed E-state index contributed by atoms with van der Waals surface area (Å²) in [5.74, 6) is -0.250. The van der Waals surface area contributed by atoms with Crippen molar-refractivity contribution in [2.45, 2.75) is 25.8 Å². The lowest BCUT2D eigenvalue weighted by Gasteiger charge is -2.20. The van der Waals surface area contributed by atoms with Crippen molar-refractivity contribution in [3.63, 3.8) is 0 Å². The zero-order chi connectivity index (χ0) is 19.8. The third-order valence-corrected chi connectivity index (χ3v) is 4.88. The standard InChI is InChI=1S/C23H27N3O2/c1-17-7-9-20(10-8-17)23(28)26-21(19-5-3-2-4-6-19)15-22(27)25-16-18-11-13-24-14-12-18/h2-11,21,24H,12-16H2,1H3,(H,25,27)(H,26,28). The molecule has 3 N–H and O–H groups in total. The fourth-order valence-electron chi connectivity index (χ4n) is 3.18. The van der Waals surface area contributed by atoms with Crippen LogP contribution in [0.25, 0.3) is 0 Å². The minimum Gasteiger partial charge on any atom is -0.352 e. The molecule has 2 aromatic rings. The summed E-state index contributed by atoms with van der Waals surface area (Å²) in [7, 11) is 0. The molecule has 0 fully saturated rings. The van der Waals surface area contributed by atoms with E-state index in [2.05, 4.69) is 22.0 Å². The van der Waals surface area contributed by atoms with Crippen molar-refractivity contribution >= 4 is 11.8 Å². The van der Waals surface area contributed by atoms with Gasteiger partial charge in [0, 0.05) is 18.7 Å². The number of carbonyl (C=O) groups is 2. The van der Waals surface area contributed by atoms with Crippen LogP contribution in [-0.2, 0) is 4.79 Å². The molecule has 1 unspecified atom stereocenters. The van der Waals surface area contributed by atoms with Crippen molar-refractivity contribution in [1.29, 1.82) is 0 Å². The van der Waals surface area contributed by atoms with E-state index in [1.54, 1.807) is 12.1 Å². The first-order chi connectivity index (χ1) is 13.6. The molecule has 0 aliphatic carbocycles. The minimum atomic E-state index is -0.378. The summed E-state index contributed by atoms with van der Waals surface area (Å²) in [6.07, 6.45) is 3.28. The van der Waals surface area contributed by atoms with Crippen LogP contribution in [0.3, 0.4) is 0 Å². The maximum atomic E-state index is 12.7. The molecule has 0 radical (unpaired) electrons. The van der Waals surface area contributed by atoms with E-state index in [9.17, 15) is 9.59 Å². The second kappa shape index (κ2) is 9.85. The molecular weight excluding hydrogens is 350 g/mol. The third-order valence-electron chi connectivity index (χ3n) is 4.88. The summed E-state index contributed by atoms with van der Waals surface area (Å²) in [4.78, 5) is 25.2. The number of hydrogen-bond donors (Lipinski definition) is 3. The van der Waals surface area contributed by atoms with Crippen molar-refractivity contribution < 1.29 is 9.59 Å². The molecule has 1 aliphatic heterocycles. The lowest BCUT2D eigenvalue weighted by atomic mass is 10.0. The van der Waals surface area contributed by atoms with Gasteiger partial charge in [-0.25, -0.2) is 0 Å². The highest BCUT2D eigenvalue weighted by Crippen LogP contribution is 2.18. The Morgan fingerprint density at radius 2 is 1.82 bits per heavy atom. The molecule has 5 nitrogen and oxygen atoms in total. The summed E-state index contributed by atoms with van der Waals surface area (Å²) in [5.41, 5.74) is 3.85. The fraction of sp³-hybridized carbons (Fsp3) is 0.304. The van der Waals surface area contributed by atoms with Gasteiger partial charge in [-0.1, -0.05) is 59.7 Å². The summed E-state index contributed by atoms with van der Waals surface area (Å²) in [6.45, 7) is 4.34. The van der Waals surface area contributed by atoms with E-state index >= 15 is 0 Å². The van der Waals surface area contributed by atoms with Crippen molar-refractivity contribution in [3.05, 3.63) is 82.9 Å². The lowest BCUT2D eigenvalue weighted by molar-refractivity contribution is -0.121. The topological polar surface area (TPSA) is 70.2 Å². The molecule has 1 heterocycles. The normalized spacial score (nSPS) is 14.7. The largest absolute Gasteiger partial charge is 0.352 e. The van der Waals surface area contributed by atoms with Gasteiger partial charge in [0.15, 0.2) is 0 Å². The summed E-state index contributed by atoms with van der Waals surface area (Å²) in [5, 5.41) is 9.26. The minimum absolute atomic E-state index is 0.0718. The quantitative estimate of drug-likeness (QED) is 0.650. The Kier molecular flexibility index (Phi) is 6.98. The van der Waals surface area contributed by atoms with Gasteiger partial charge < -0.3 is 16.0 Å². The SMILES string of the molecule is Cc1ccc(C(=O)NC(CC(=O)NCC2=CCNCC2)c2ccccc2)cc1. The van der Waals surface area contributed by atoms with E-state index in [0.717, 1.165) is 30.6 Å². The molecule has 28 heavy (non-hydrogen) atoms. The van der Waals surface area contributed by atoms with E-state index < -0.39 is 0 Å². The first-order valence-electron chi connectivity index (χ1n) is 9.69. The molecule has 2 aromatic carbocycles. The Morgan fingerprint density at radius 1 is 1.07 bits per heavy atom. The Labute approximate surface area is 166 Å². The Bertz CT molecular complexity index is 829. The number of amides is 2. The molecule has 0 saturated heterocycles. The second-order valence-corrected chi connectivity index (χ2v) is 7.10. The zero-order valence-corrected chi connectivity index (χ0v) is 16.2. The smallest absolute Gasteiger partial charge is 0.251 e. The van der Waals surface area contributed by atoms with Crippen LogP contribution in [0.1, 0.15) is 40.4 Å². The van der Waals surface area contributed by atoms with Crippen LogP contribution in [0.2, 0.25) is 0 Å². The van der Waals surface area contributed by atoms with Crippen molar-refractivity contribution in [2.75, 3.05) is 19.6 Å². The van der Waals surface area contributed by atoms with E-state index in [1.807, 2.05) is 49.4 Å². The van der Waals surface area contributed by atoms with Gasteiger partial charge in [-0.05, 0) is 37.6 Å². The lowest BCUT2D eigenvalue weighted by Crippen LogP contribution is -2.35. The highest BCUT2D eigenvalue weighted by molar-refractivity contribution is 5.94. The average Bonchev–Trinajstić information content (AvgIpc) is 2.73. The predicted molar refractivity (Wildman–Crippen MR) is 111 cm³/mol. The van der Waals surface area contributed by atoms with Crippen LogP contribution in [0.5, 0.6) is 0 Å². The summed E-state index contributed by atoms with van der Waals surface area (Å²) >= 11 is 0. The average molecular weight is 377 g/mol. The molecule has 0 saturated carbocycles. The molecule has 3 rings (SSSR count). The first kappa shape index (κ1) is 19.8. The van der Waals surface area contributed by atoms with Gasteiger partial charge in [0.05, 0.1) is 12.5 Å². The molecular formula is C23H27N3O2. The molecule has 2 amide bonds. The van der Waals surface area contributed by atoms with Gasteiger partial charge in [-0.15, -0.1) is 0 Å². The Balaban J connectivity index is 1.65. The summed E-state index contributed by atoms with van der Waals surface area (Å²) < 4.78 is 0. The van der Waals surface area contributed by atoms with E-state index in [-0.39, 0.29) is 24.3 Å². The summed E-state index contributed by atoms with van der Waals surface area (Å²) in [6, 6.07) is 16.7. The fourth-order valence-corrected chi connectivity index (χ4v) is 3.18. The van der Waals surface area contributed by atoms with Gasteiger partial charge in [0.2, 0.25) is 5.91 Å². The molecule has 0 aromatic heterocycles. The Hall–Kier alpha value is -2.92. The van der Waals surface area contributed by atoms with Crippen LogP contribution in [0.15, 0.2) is 66.2 Å². The van der Waals surface area contributed by atoms with Gasteiger partial charge in [0.25, 0.3) is 5.91 Å². The van der Waals surface area contributed by atoms with Crippen LogP contribution in [0, 0.1) is 6.92 Å². The highest BCUT2D eigenvalue weighted by Gasteiger charge is 2.19. The van der Waals surface area contributed by atoms with E-state index in [1.165, 1.54) is 5.57 Å². The molecule has 146 valence electrons. The van der Waals surface area contributed by atoms with Crippen LogP contribution in [0.4, 0.5) is 0 Å². The monoisotopic (exact) mass is 377 g/mol. The van der Waals surface area contributed by atoms with Crippen LogP contribution < -0.4 is 16.0 Å². The van der Waals surface area contributed by atoms with E-state index in [4.69, 9.17) is 0 Å². The van der Waals surface area contributed by atoms with Crippen LogP contribution >= 0.6 is 0 Å². The van der Waals surface area contributed by atoms with Gasteiger partial charge in [-0.2, -0.15) is 0 Å². The number of benzene rings is 2. The number of carbonyl (C=O) groups excluding carboxylic acids is 2. The first-order valence-corrected chi connectivity index (χ1v) is 9.69. The van der Waals surface area contributed by atoms with Crippen LogP contribution in [-0.4, -0.2) is 31.4 Å². The molecule has 0 bridgehead atoms. The maximum absolute atomic E-state index is 12.7. The van der Waals surface area contributed by atoms with Gasteiger partial charge in [0.1, 0.15) is 0 Å². The van der Waals surface area contributed by atoms with Crippen molar-refractivity contribution in [1.82, 2.24) is 16.0 Å². The molecule has 1 aliphatic rings. The van der Waals surface area contributed by atoms with Crippen molar-refractivity contribution in [2.24, 2.45) is 0 Å². The zero-order valence-electron chi connectivity index (χ0n) is 16.2. The number of rotatable bonds is 7. The van der Waals surface area contributed by atoms with Gasteiger partial charge in [-0.3, -0.25) is 9.59 Å².